The van der Waals surface area contributed by atoms with Crippen molar-refractivity contribution >= 4 is 0 Å². The van der Waals surface area contributed by atoms with Gasteiger partial charge in [0.1, 0.15) is 11.5 Å². The van der Waals surface area contributed by atoms with Crippen LogP contribution in [0.3, 0.4) is 0 Å². The smallest absolute Gasteiger partial charge is 0.124 e. The lowest BCUT2D eigenvalue weighted by molar-refractivity contribution is 0.0487. The number of phenols is 1. The largest absolute Gasteiger partial charge is 0.507 e. The molecule has 0 aliphatic heterocycles. The summed E-state index contributed by atoms with van der Waals surface area (Å²) < 4.78 is 5.75. The molecule has 4 aromatic rings. The van der Waals surface area contributed by atoms with Crippen LogP contribution >= 0.6 is 0 Å². The summed E-state index contributed by atoms with van der Waals surface area (Å²) in [6, 6.07) is 33.9. The molecule has 0 aliphatic carbocycles. The summed E-state index contributed by atoms with van der Waals surface area (Å²) in [6.07, 6.45) is 0.149. The van der Waals surface area contributed by atoms with E-state index >= 15 is 0 Å². The normalized spacial score (nSPS) is 13.0. The van der Waals surface area contributed by atoms with Gasteiger partial charge in [-0.2, -0.15) is 0 Å². The number of nitrogens with zero attached hydrogens (tertiary/aromatic N) is 2. The predicted molar refractivity (Wildman–Crippen MR) is 180 cm³/mol. The fourth-order valence-electron chi connectivity index (χ4n) is 6.26. The molecular weight excluding hydrogens is 528 g/mol. The van der Waals surface area contributed by atoms with Crippen LogP contribution in [0.1, 0.15) is 81.8 Å². The van der Waals surface area contributed by atoms with Crippen LogP contribution in [0.2, 0.25) is 0 Å². The van der Waals surface area contributed by atoms with Crippen molar-refractivity contribution in [1.29, 1.82) is 0 Å². The number of para-hydroxylation sites is 1. The van der Waals surface area contributed by atoms with E-state index < -0.39 is 5.41 Å². The first-order chi connectivity index (χ1) is 20.5. The van der Waals surface area contributed by atoms with E-state index in [1.54, 1.807) is 7.11 Å². The summed E-state index contributed by atoms with van der Waals surface area (Å²) >= 11 is 0. The number of benzene rings is 4. The van der Waals surface area contributed by atoms with E-state index in [1.165, 1.54) is 16.7 Å². The Bertz CT molecular complexity index is 1460. The first-order valence-corrected chi connectivity index (χ1v) is 15.6. The topological polar surface area (TPSA) is 35.9 Å². The van der Waals surface area contributed by atoms with Crippen molar-refractivity contribution in [1.82, 2.24) is 9.80 Å². The Morgan fingerprint density at radius 2 is 1.16 bits per heavy atom. The minimum Gasteiger partial charge on any atom is -0.507 e. The Balaban J connectivity index is 1.89. The third-order valence-electron chi connectivity index (χ3n) is 9.38. The average molecular weight is 579 g/mol. The van der Waals surface area contributed by atoms with Crippen LogP contribution in [0.5, 0.6) is 11.5 Å². The van der Waals surface area contributed by atoms with Crippen molar-refractivity contribution in [3.8, 4) is 11.5 Å². The number of rotatable bonds is 13. The molecule has 0 aliphatic rings. The maximum Gasteiger partial charge on any atom is 0.124 e. The summed E-state index contributed by atoms with van der Waals surface area (Å²) in [5.74, 6) is 1.26. The summed E-state index contributed by atoms with van der Waals surface area (Å²) in [7, 11) is 1.73. The molecule has 1 N–H and O–H groups in total. The van der Waals surface area contributed by atoms with Gasteiger partial charge < -0.3 is 9.84 Å². The van der Waals surface area contributed by atoms with Crippen molar-refractivity contribution in [2.45, 2.75) is 78.6 Å². The summed E-state index contributed by atoms with van der Waals surface area (Å²) in [5.41, 5.74) is 5.97. The molecule has 0 radical (unpaired) electrons. The second kappa shape index (κ2) is 13.8. The molecule has 0 aromatic heterocycles. The Morgan fingerprint density at radius 3 is 1.72 bits per heavy atom. The van der Waals surface area contributed by atoms with E-state index in [2.05, 4.69) is 137 Å². The number of phenolic OH excluding ortho intramolecular Hbond substituents is 1. The summed E-state index contributed by atoms with van der Waals surface area (Å²) in [4.78, 5) is 4.91. The Kier molecular flexibility index (Phi) is 10.4. The van der Waals surface area contributed by atoms with Crippen molar-refractivity contribution in [3.05, 3.63) is 130 Å². The van der Waals surface area contributed by atoms with Gasteiger partial charge in [0.2, 0.25) is 0 Å². The number of aromatic hydroxyl groups is 1. The Labute approximate surface area is 260 Å². The van der Waals surface area contributed by atoms with Gasteiger partial charge in [-0.1, -0.05) is 126 Å². The molecule has 0 spiro atoms. The highest BCUT2D eigenvalue weighted by molar-refractivity contribution is 5.54. The van der Waals surface area contributed by atoms with E-state index in [-0.39, 0.29) is 11.6 Å². The van der Waals surface area contributed by atoms with Gasteiger partial charge in [0.25, 0.3) is 0 Å². The highest BCUT2D eigenvalue weighted by Crippen LogP contribution is 2.43. The molecule has 4 rings (SSSR count). The molecular formula is C39H50N2O2. The molecule has 0 bridgehead atoms. The van der Waals surface area contributed by atoms with E-state index in [0.29, 0.717) is 18.8 Å². The van der Waals surface area contributed by atoms with Crippen LogP contribution in [0.25, 0.3) is 0 Å². The van der Waals surface area contributed by atoms with Gasteiger partial charge in [-0.15, -0.1) is 0 Å². The fourth-order valence-corrected chi connectivity index (χ4v) is 6.26. The molecule has 0 amide bonds. The quantitative estimate of drug-likeness (QED) is 0.161. The Hall–Kier alpha value is -3.60. The van der Waals surface area contributed by atoms with Gasteiger partial charge in [0.05, 0.1) is 13.3 Å². The fraction of sp³-hybridized carbons (Fsp3) is 0.385. The number of hydrogen-bond donors (Lipinski definition) is 1. The monoisotopic (exact) mass is 578 g/mol. The van der Waals surface area contributed by atoms with Crippen molar-refractivity contribution < 1.29 is 9.84 Å². The van der Waals surface area contributed by atoms with Crippen molar-refractivity contribution in [3.63, 3.8) is 0 Å². The van der Waals surface area contributed by atoms with Crippen LogP contribution in [0.15, 0.2) is 97.1 Å². The predicted octanol–water partition coefficient (Wildman–Crippen LogP) is 8.74. The Morgan fingerprint density at radius 1 is 0.651 bits per heavy atom. The van der Waals surface area contributed by atoms with Gasteiger partial charge >= 0.3 is 0 Å². The zero-order chi connectivity index (χ0) is 31.2. The standard InChI is InChI=1S/C39H50N2O2/c1-9-40(10-2)29(3)41(27-30-19-17-18-24-36(30)43-8)28-31-25-34(38(4,5)32-20-13-11-14-21-32)26-35(37(31)42)39(6,7)33-22-15-12-16-23-33/h11-26,29,42H,9-10,27-28H2,1-8H3. The third kappa shape index (κ3) is 6.98. The van der Waals surface area contributed by atoms with Gasteiger partial charge in [0, 0.05) is 40.6 Å². The molecule has 228 valence electrons. The minimum atomic E-state index is -0.402. The van der Waals surface area contributed by atoms with E-state index in [0.717, 1.165) is 35.5 Å². The summed E-state index contributed by atoms with van der Waals surface area (Å²) in [6.45, 7) is 18.9. The third-order valence-corrected chi connectivity index (χ3v) is 9.38. The number of hydrogen-bond acceptors (Lipinski definition) is 4. The molecule has 4 nitrogen and oxygen atoms in total. The van der Waals surface area contributed by atoms with E-state index in [1.807, 2.05) is 18.2 Å². The zero-order valence-corrected chi connectivity index (χ0v) is 27.4. The van der Waals surface area contributed by atoms with Crippen LogP contribution < -0.4 is 4.74 Å². The van der Waals surface area contributed by atoms with Crippen LogP contribution in [-0.4, -0.2) is 41.3 Å². The highest BCUT2D eigenvalue weighted by atomic mass is 16.5. The first-order valence-electron chi connectivity index (χ1n) is 15.6. The average Bonchev–Trinajstić information content (AvgIpc) is 3.03. The van der Waals surface area contributed by atoms with Gasteiger partial charge in [-0.25, -0.2) is 0 Å². The lowest BCUT2D eigenvalue weighted by atomic mass is 9.72. The lowest BCUT2D eigenvalue weighted by Crippen LogP contribution is -2.45. The molecule has 0 heterocycles. The zero-order valence-electron chi connectivity index (χ0n) is 27.4. The molecule has 4 heteroatoms. The van der Waals surface area contributed by atoms with Crippen LogP contribution in [0.4, 0.5) is 0 Å². The SMILES string of the molecule is CCN(CC)C(C)N(Cc1ccccc1OC)Cc1cc(C(C)(C)c2ccccc2)cc(C(C)(C)c2ccccc2)c1O. The lowest BCUT2D eigenvalue weighted by Gasteiger charge is -2.38. The van der Waals surface area contributed by atoms with Gasteiger partial charge in [-0.3, -0.25) is 9.80 Å². The maximum atomic E-state index is 12.1. The van der Waals surface area contributed by atoms with Gasteiger partial charge in [-0.05, 0) is 48.8 Å². The molecule has 1 atom stereocenters. The second-order valence-electron chi connectivity index (χ2n) is 12.6. The van der Waals surface area contributed by atoms with E-state index in [9.17, 15) is 5.11 Å². The van der Waals surface area contributed by atoms with Gasteiger partial charge in [0.15, 0.2) is 0 Å². The number of ether oxygens (including phenoxy) is 1. The van der Waals surface area contributed by atoms with Crippen molar-refractivity contribution in [2.24, 2.45) is 0 Å². The minimum absolute atomic E-state index is 0.149. The first kappa shape index (κ1) is 32.3. The van der Waals surface area contributed by atoms with Crippen LogP contribution in [-0.2, 0) is 23.9 Å². The molecule has 1 unspecified atom stereocenters. The van der Waals surface area contributed by atoms with Crippen LogP contribution in [0, 0.1) is 0 Å². The second-order valence-corrected chi connectivity index (χ2v) is 12.6. The molecule has 0 saturated heterocycles. The molecule has 43 heavy (non-hydrogen) atoms. The maximum absolute atomic E-state index is 12.1. The van der Waals surface area contributed by atoms with Crippen molar-refractivity contribution in [2.75, 3.05) is 20.2 Å². The summed E-state index contributed by atoms with van der Waals surface area (Å²) in [5, 5.41) is 12.1. The highest BCUT2D eigenvalue weighted by Gasteiger charge is 2.33. The molecule has 4 aromatic carbocycles. The van der Waals surface area contributed by atoms with E-state index in [4.69, 9.17) is 4.74 Å². The number of methoxy groups -OCH3 is 1. The molecule has 0 saturated carbocycles. The molecule has 0 fully saturated rings.